The van der Waals surface area contributed by atoms with Crippen LogP contribution in [0.15, 0.2) is 12.7 Å². The van der Waals surface area contributed by atoms with Crippen LogP contribution in [0.5, 0.6) is 0 Å². The van der Waals surface area contributed by atoms with Gasteiger partial charge in [-0.25, -0.2) is 0 Å². The van der Waals surface area contributed by atoms with Crippen LogP contribution < -0.4 is 10.6 Å². The quantitative estimate of drug-likeness (QED) is 0.651. The number of carbonyl (C=O) groups excluding carboxylic acids is 2. The first-order chi connectivity index (χ1) is 8.49. The Hall–Kier alpha value is -1.32. The van der Waals surface area contributed by atoms with Crippen LogP contribution >= 0.6 is 0 Å². The molecule has 4 heteroatoms. The SMILES string of the molecule is C=CC(=O)N[C@H](C(=O)NC(CC)CC)[C@@H](C)CC. The second-order valence-electron chi connectivity index (χ2n) is 4.60. The van der Waals surface area contributed by atoms with Gasteiger partial charge in [-0.1, -0.05) is 40.7 Å². The van der Waals surface area contributed by atoms with Crippen LogP contribution in [0.3, 0.4) is 0 Å². The van der Waals surface area contributed by atoms with Crippen molar-refractivity contribution >= 4 is 11.8 Å². The summed E-state index contributed by atoms with van der Waals surface area (Å²) in [6, 6.07) is -0.314. The van der Waals surface area contributed by atoms with Gasteiger partial charge >= 0.3 is 0 Å². The minimum absolute atomic E-state index is 0.100. The average molecular weight is 254 g/mol. The number of hydrogen-bond donors (Lipinski definition) is 2. The summed E-state index contributed by atoms with van der Waals surface area (Å²) in [7, 11) is 0. The molecule has 0 radical (unpaired) electrons. The molecule has 2 atom stereocenters. The Balaban J connectivity index is 4.68. The van der Waals surface area contributed by atoms with Crippen molar-refractivity contribution in [2.75, 3.05) is 0 Å². The Bertz CT molecular complexity index is 286. The Labute approximate surface area is 110 Å². The van der Waals surface area contributed by atoms with E-state index in [2.05, 4.69) is 17.2 Å². The third-order valence-electron chi connectivity index (χ3n) is 3.31. The average Bonchev–Trinajstić information content (AvgIpc) is 2.40. The van der Waals surface area contributed by atoms with E-state index in [1.165, 1.54) is 6.08 Å². The molecule has 0 unspecified atom stereocenters. The second-order valence-corrected chi connectivity index (χ2v) is 4.60. The third kappa shape index (κ3) is 5.34. The monoisotopic (exact) mass is 254 g/mol. The molecule has 0 aromatic heterocycles. The van der Waals surface area contributed by atoms with Crippen LogP contribution in [0.2, 0.25) is 0 Å². The summed E-state index contributed by atoms with van der Waals surface area (Å²) in [4.78, 5) is 23.5. The predicted octanol–water partition coefficient (Wildman–Crippen LogP) is 2.01. The van der Waals surface area contributed by atoms with Crippen molar-refractivity contribution in [2.45, 2.75) is 59.0 Å². The molecule has 4 nitrogen and oxygen atoms in total. The summed E-state index contributed by atoms with van der Waals surface area (Å²) >= 11 is 0. The molecule has 104 valence electrons. The molecule has 0 bridgehead atoms. The van der Waals surface area contributed by atoms with Gasteiger partial charge in [-0.15, -0.1) is 0 Å². The number of carbonyl (C=O) groups is 2. The molecule has 0 spiro atoms. The fourth-order valence-corrected chi connectivity index (χ4v) is 1.70. The predicted molar refractivity (Wildman–Crippen MR) is 74.1 cm³/mol. The highest BCUT2D eigenvalue weighted by Gasteiger charge is 2.26. The molecule has 0 aromatic carbocycles. The van der Waals surface area contributed by atoms with E-state index in [4.69, 9.17) is 0 Å². The van der Waals surface area contributed by atoms with Crippen LogP contribution in [0.25, 0.3) is 0 Å². The first-order valence-corrected chi connectivity index (χ1v) is 6.73. The summed E-state index contributed by atoms with van der Waals surface area (Å²) in [6.45, 7) is 11.4. The Kier molecular flexibility index (Phi) is 8.08. The Morgan fingerprint density at radius 2 is 1.67 bits per heavy atom. The molecule has 0 saturated heterocycles. The van der Waals surface area contributed by atoms with Crippen molar-refractivity contribution in [3.05, 3.63) is 12.7 Å². The molecule has 0 saturated carbocycles. The van der Waals surface area contributed by atoms with Crippen molar-refractivity contribution in [3.63, 3.8) is 0 Å². The second kappa shape index (κ2) is 8.72. The lowest BCUT2D eigenvalue weighted by Crippen LogP contribution is -2.52. The summed E-state index contributed by atoms with van der Waals surface area (Å²) in [5.74, 6) is -0.309. The fraction of sp³-hybridized carbons (Fsp3) is 0.714. The number of nitrogens with one attached hydrogen (secondary N) is 2. The maximum absolute atomic E-state index is 12.2. The van der Waals surface area contributed by atoms with Crippen LogP contribution in [0, 0.1) is 5.92 Å². The van der Waals surface area contributed by atoms with Crippen molar-refractivity contribution in [1.29, 1.82) is 0 Å². The molecule has 18 heavy (non-hydrogen) atoms. The van der Waals surface area contributed by atoms with Gasteiger partial charge in [0.15, 0.2) is 0 Å². The largest absolute Gasteiger partial charge is 0.352 e. The lowest BCUT2D eigenvalue weighted by atomic mass is 9.97. The minimum Gasteiger partial charge on any atom is -0.352 e. The van der Waals surface area contributed by atoms with Crippen molar-refractivity contribution in [1.82, 2.24) is 10.6 Å². The van der Waals surface area contributed by atoms with Crippen molar-refractivity contribution in [2.24, 2.45) is 5.92 Å². The maximum atomic E-state index is 12.2. The number of rotatable bonds is 8. The van der Waals surface area contributed by atoms with E-state index in [9.17, 15) is 9.59 Å². The standard InChI is InChI=1S/C14H26N2O2/c1-6-10(5)13(16-12(17)9-4)14(18)15-11(7-2)8-3/h9-11,13H,4,6-8H2,1-3,5H3,(H,15,18)(H,16,17)/t10-,13-/m0/s1. The van der Waals surface area contributed by atoms with Gasteiger partial charge in [0.05, 0.1) is 0 Å². The van der Waals surface area contributed by atoms with Gasteiger partial charge in [-0.05, 0) is 24.8 Å². The number of amides is 2. The zero-order chi connectivity index (χ0) is 14.1. The fourth-order valence-electron chi connectivity index (χ4n) is 1.70. The first kappa shape index (κ1) is 16.7. The van der Waals surface area contributed by atoms with Crippen molar-refractivity contribution in [3.8, 4) is 0 Å². The highest BCUT2D eigenvalue weighted by atomic mass is 16.2. The molecule has 0 rings (SSSR count). The minimum atomic E-state index is -0.485. The smallest absolute Gasteiger partial charge is 0.244 e. The van der Waals surface area contributed by atoms with Gasteiger partial charge < -0.3 is 10.6 Å². The van der Waals surface area contributed by atoms with Crippen LogP contribution in [-0.4, -0.2) is 23.9 Å². The summed E-state index contributed by atoms with van der Waals surface area (Å²) in [5, 5.41) is 5.67. The Morgan fingerprint density at radius 1 is 1.11 bits per heavy atom. The van der Waals surface area contributed by atoms with Gasteiger partial charge in [0.2, 0.25) is 11.8 Å². The first-order valence-electron chi connectivity index (χ1n) is 6.73. The van der Waals surface area contributed by atoms with E-state index in [0.29, 0.717) is 0 Å². The van der Waals surface area contributed by atoms with E-state index in [1.54, 1.807) is 0 Å². The molecule has 0 aliphatic rings. The molecule has 0 aliphatic carbocycles. The molecule has 0 aliphatic heterocycles. The van der Waals surface area contributed by atoms with E-state index < -0.39 is 6.04 Å². The zero-order valence-electron chi connectivity index (χ0n) is 12.0. The topological polar surface area (TPSA) is 58.2 Å². The summed E-state index contributed by atoms with van der Waals surface area (Å²) in [6.07, 6.45) is 3.81. The lowest BCUT2D eigenvalue weighted by molar-refractivity contribution is -0.129. The van der Waals surface area contributed by atoms with Crippen LogP contribution in [-0.2, 0) is 9.59 Å². The normalized spacial score (nSPS) is 13.8. The molecule has 2 amide bonds. The molecule has 0 heterocycles. The molecular weight excluding hydrogens is 228 g/mol. The Morgan fingerprint density at radius 3 is 2.06 bits per heavy atom. The van der Waals surface area contributed by atoms with E-state index in [-0.39, 0.29) is 23.8 Å². The summed E-state index contributed by atoms with van der Waals surface area (Å²) < 4.78 is 0. The summed E-state index contributed by atoms with van der Waals surface area (Å²) in [5.41, 5.74) is 0. The van der Waals surface area contributed by atoms with E-state index in [1.807, 2.05) is 27.7 Å². The van der Waals surface area contributed by atoms with Crippen LogP contribution in [0.1, 0.15) is 47.0 Å². The highest BCUT2D eigenvalue weighted by molar-refractivity contribution is 5.92. The van der Waals surface area contributed by atoms with Gasteiger partial charge in [0, 0.05) is 6.04 Å². The van der Waals surface area contributed by atoms with Gasteiger partial charge in [-0.2, -0.15) is 0 Å². The van der Waals surface area contributed by atoms with E-state index >= 15 is 0 Å². The third-order valence-corrected chi connectivity index (χ3v) is 3.31. The molecular formula is C14H26N2O2. The molecule has 0 fully saturated rings. The van der Waals surface area contributed by atoms with E-state index in [0.717, 1.165) is 19.3 Å². The van der Waals surface area contributed by atoms with Crippen molar-refractivity contribution < 1.29 is 9.59 Å². The number of hydrogen-bond acceptors (Lipinski definition) is 2. The maximum Gasteiger partial charge on any atom is 0.244 e. The zero-order valence-corrected chi connectivity index (χ0v) is 12.0. The molecule has 0 aromatic rings. The molecule has 2 N–H and O–H groups in total. The van der Waals surface area contributed by atoms with Gasteiger partial charge in [0.25, 0.3) is 0 Å². The lowest BCUT2D eigenvalue weighted by Gasteiger charge is -2.25. The van der Waals surface area contributed by atoms with Gasteiger partial charge in [0.1, 0.15) is 6.04 Å². The van der Waals surface area contributed by atoms with Gasteiger partial charge in [-0.3, -0.25) is 9.59 Å². The van der Waals surface area contributed by atoms with Crippen LogP contribution in [0.4, 0.5) is 0 Å². The highest BCUT2D eigenvalue weighted by Crippen LogP contribution is 2.09.